The SMILES string of the molecule is Nc1ccc(Cn2c(O)c[nH]c2=O)c(Cl)c1. The van der Waals surface area contributed by atoms with Crippen LogP contribution in [0.2, 0.25) is 5.02 Å². The van der Waals surface area contributed by atoms with Crippen molar-refractivity contribution in [3.05, 3.63) is 45.5 Å². The number of rotatable bonds is 2. The Balaban J connectivity index is 2.38. The largest absolute Gasteiger partial charge is 0.493 e. The maximum Gasteiger partial charge on any atom is 0.328 e. The number of hydrogen-bond donors (Lipinski definition) is 3. The van der Waals surface area contributed by atoms with E-state index < -0.39 is 0 Å². The molecule has 0 atom stereocenters. The monoisotopic (exact) mass is 239 g/mol. The van der Waals surface area contributed by atoms with Crippen LogP contribution >= 0.6 is 11.6 Å². The van der Waals surface area contributed by atoms with Gasteiger partial charge in [0.15, 0.2) is 0 Å². The van der Waals surface area contributed by atoms with Gasteiger partial charge in [-0.3, -0.25) is 4.57 Å². The van der Waals surface area contributed by atoms with Crippen molar-refractivity contribution in [1.82, 2.24) is 9.55 Å². The topological polar surface area (TPSA) is 84.0 Å². The predicted molar refractivity (Wildman–Crippen MR) is 61.7 cm³/mol. The van der Waals surface area contributed by atoms with Crippen molar-refractivity contribution >= 4 is 17.3 Å². The Kier molecular flexibility index (Phi) is 2.62. The number of nitrogen functional groups attached to an aromatic ring is 1. The van der Waals surface area contributed by atoms with Crippen LogP contribution in [0.25, 0.3) is 0 Å². The zero-order valence-electron chi connectivity index (χ0n) is 8.27. The van der Waals surface area contributed by atoms with Crippen molar-refractivity contribution < 1.29 is 5.11 Å². The number of aromatic hydroxyl groups is 1. The summed E-state index contributed by atoms with van der Waals surface area (Å²) in [5, 5.41) is 9.87. The van der Waals surface area contributed by atoms with E-state index in [1.54, 1.807) is 18.2 Å². The van der Waals surface area contributed by atoms with E-state index in [0.717, 1.165) is 0 Å². The minimum atomic E-state index is -0.384. The molecule has 0 aliphatic heterocycles. The second kappa shape index (κ2) is 3.94. The van der Waals surface area contributed by atoms with Crippen molar-refractivity contribution in [2.75, 3.05) is 5.73 Å². The Bertz CT molecular complexity index is 574. The highest BCUT2D eigenvalue weighted by Crippen LogP contribution is 2.20. The molecule has 1 heterocycles. The first kappa shape index (κ1) is 10.6. The summed E-state index contributed by atoms with van der Waals surface area (Å²) < 4.78 is 1.18. The molecule has 0 radical (unpaired) electrons. The molecule has 0 saturated carbocycles. The number of aromatic amines is 1. The third kappa shape index (κ3) is 1.90. The molecule has 2 rings (SSSR count). The number of halogens is 1. The van der Waals surface area contributed by atoms with Gasteiger partial charge in [0, 0.05) is 10.7 Å². The number of H-pyrrole nitrogens is 1. The summed E-state index contributed by atoms with van der Waals surface area (Å²) in [4.78, 5) is 13.7. The molecule has 5 nitrogen and oxygen atoms in total. The van der Waals surface area contributed by atoms with Gasteiger partial charge in [0.05, 0.1) is 12.7 Å². The molecule has 0 spiro atoms. The predicted octanol–water partition coefficient (Wildman–Crippen LogP) is 1.17. The second-order valence-electron chi connectivity index (χ2n) is 3.39. The molecule has 0 aliphatic rings. The zero-order valence-corrected chi connectivity index (χ0v) is 9.03. The third-order valence-electron chi connectivity index (χ3n) is 2.25. The Morgan fingerprint density at radius 3 is 2.81 bits per heavy atom. The van der Waals surface area contributed by atoms with E-state index in [0.29, 0.717) is 16.3 Å². The van der Waals surface area contributed by atoms with Crippen molar-refractivity contribution in [3.63, 3.8) is 0 Å². The highest BCUT2D eigenvalue weighted by Gasteiger charge is 2.07. The first-order chi connectivity index (χ1) is 7.58. The standard InChI is InChI=1S/C10H10ClN3O2/c11-8-3-7(12)2-1-6(8)5-14-9(15)4-13-10(14)16/h1-4,15H,5,12H2,(H,13,16). The van der Waals surface area contributed by atoms with Crippen LogP contribution < -0.4 is 11.4 Å². The normalized spacial score (nSPS) is 10.6. The number of imidazole rings is 1. The molecule has 4 N–H and O–H groups in total. The van der Waals surface area contributed by atoms with Crippen molar-refractivity contribution in [2.45, 2.75) is 6.54 Å². The van der Waals surface area contributed by atoms with Crippen molar-refractivity contribution in [1.29, 1.82) is 0 Å². The Morgan fingerprint density at radius 1 is 1.50 bits per heavy atom. The van der Waals surface area contributed by atoms with Gasteiger partial charge in [0.2, 0.25) is 5.88 Å². The van der Waals surface area contributed by atoms with Crippen LogP contribution in [0, 0.1) is 0 Å². The molecular weight excluding hydrogens is 230 g/mol. The lowest BCUT2D eigenvalue weighted by Gasteiger charge is -2.06. The summed E-state index contributed by atoms with van der Waals surface area (Å²) >= 11 is 5.96. The first-order valence-electron chi connectivity index (χ1n) is 4.59. The molecular formula is C10H10ClN3O2. The van der Waals surface area contributed by atoms with E-state index in [1.165, 1.54) is 10.8 Å². The first-order valence-corrected chi connectivity index (χ1v) is 4.97. The van der Waals surface area contributed by atoms with Crippen molar-refractivity contribution in [2.24, 2.45) is 0 Å². The van der Waals surface area contributed by atoms with Gasteiger partial charge in [0.1, 0.15) is 0 Å². The molecule has 1 aromatic carbocycles. The molecule has 84 valence electrons. The molecule has 1 aromatic heterocycles. The summed E-state index contributed by atoms with van der Waals surface area (Å²) in [5.41, 5.74) is 6.44. The fourth-order valence-corrected chi connectivity index (χ4v) is 1.65. The van der Waals surface area contributed by atoms with Gasteiger partial charge in [0.25, 0.3) is 0 Å². The molecule has 0 amide bonds. The van der Waals surface area contributed by atoms with E-state index >= 15 is 0 Å². The Morgan fingerprint density at radius 2 is 2.25 bits per heavy atom. The highest BCUT2D eigenvalue weighted by molar-refractivity contribution is 6.31. The van der Waals surface area contributed by atoms with Gasteiger partial charge < -0.3 is 15.8 Å². The quantitative estimate of drug-likeness (QED) is 0.688. The van der Waals surface area contributed by atoms with E-state index in [9.17, 15) is 9.90 Å². The van der Waals surface area contributed by atoms with E-state index in [4.69, 9.17) is 17.3 Å². The van der Waals surface area contributed by atoms with Gasteiger partial charge in [-0.25, -0.2) is 4.79 Å². The fourth-order valence-electron chi connectivity index (χ4n) is 1.40. The minimum Gasteiger partial charge on any atom is -0.493 e. The van der Waals surface area contributed by atoms with Gasteiger partial charge in [-0.15, -0.1) is 0 Å². The third-order valence-corrected chi connectivity index (χ3v) is 2.60. The number of anilines is 1. The number of aromatic nitrogens is 2. The van der Waals surface area contributed by atoms with Crippen LogP contribution in [0.3, 0.4) is 0 Å². The Labute approximate surface area is 96.1 Å². The molecule has 16 heavy (non-hydrogen) atoms. The van der Waals surface area contributed by atoms with Gasteiger partial charge in [-0.05, 0) is 17.7 Å². The second-order valence-corrected chi connectivity index (χ2v) is 3.80. The van der Waals surface area contributed by atoms with Crippen LogP contribution in [-0.4, -0.2) is 14.7 Å². The lowest BCUT2D eigenvalue weighted by atomic mass is 10.2. The van der Waals surface area contributed by atoms with Gasteiger partial charge >= 0.3 is 5.69 Å². The summed E-state index contributed by atoms with van der Waals surface area (Å²) in [6, 6.07) is 5.01. The highest BCUT2D eigenvalue weighted by atomic mass is 35.5. The van der Waals surface area contributed by atoms with Gasteiger partial charge in [-0.2, -0.15) is 0 Å². The fraction of sp³-hybridized carbons (Fsp3) is 0.100. The van der Waals surface area contributed by atoms with Crippen LogP contribution in [-0.2, 0) is 6.54 Å². The van der Waals surface area contributed by atoms with E-state index in [2.05, 4.69) is 4.98 Å². The number of benzene rings is 1. The smallest absolute Gasteiger partial charge is 0.328 e. The number of hydrogen-bond acceptors (Lipinski definition) is 3. The van der Waals surface area contributed by atoms with Crippen LogP contribution in [0.15, 0.2) is 29.2 Å². The van der Waals surface area contributed by atoms with Crippen LogP contribution in [0.1, 0.15) is 5.56 Å². The average Bonchev–Trinajstić information content (AvgIpc) is 2.53. The van der Waals surface area contributed by atoms with Crippen LogP contribution in [0.5, 0.6) is 5.88 Å². The molecule has 0 unspecified atom stereocenters. The average molecular weight is 240 g/mol. The minimum absolute atomic E-state index is 0.127. The Hall–Kier alpha value is -1.88. The lowest BCUT2D eigenvalue weighted by molar-refractivity contribution is 0.421. The van der Waals surface area contributed by atoms with Gasteiger partial charge in [-0.1, -0.05) is 17.7 Å². The molecule has 0 saturated heterocycles. The summed E-state index contributed by atoms with van der Waals surface area (Å²) in [5.74, 6) is -0.127. The number of nitrogens with zero attached hydrogens (tertiary/aromatic N) is 1. The van der Waals surface area contributed by atoms with Crippen LogP contribution in [0.4, 0.5) is 5.69 Å². The number of nitrogens with two attached hydrogens (primary N) is 1. The number of nitrogens with one attached hydrogen (secondary N) is 1. The molecule has 2 aromatic rings. The summed E-state index contributed by atoms with van der Waals surface area (Å²) in [6.45, 7) is 0.202. The maximum absolute atomic E-state index is 11.3. The van der Waals surface area contributed by atoms with Crippen molar-refractivity contribution in [3.8, 4) is 5.88 Å². The summed E-state index contributed by atoms with van der Waals surface area (Å²) in [6.07, 6.45) is 1.23. The maximum atomic E-state index is 11.3. The molecule has 0 bridgehead atoms. The van der Waals surface area contributed by atoms with E-state index in [1.807, 2.05) is 0 Å². The lowest BCUT2D eigenvalue weighted by Crippen LogP contribution is -2.17. The van der Waals surface area contributed by atoms with E-state index in [-0.39, 0.29) is 18.1 Å². The summed E-state index contributed by atoms with van der Waals surface area (Å²) in [7, 11) is 0. The molecule has 0 aliphatic carbocycles. The molecule has 0 fully saturated rings. The molecule has 6 heteroatoms. The zero-order chi connectivity index (χ0) is 11.7.